The number of methoxy groups -OCH3 is 1. The highest BCUT2D eigenvalue weighted by Gasteiger charge is 2.04. The number of hydrogen-bond acceptors (Lipinski definition) is 2. The minimum absolute atomic E-state index is 0.811. The molecule has 1 atom stereocenters. The normalized spacial score (nSPS) is 9.00. The number of allylic oxidation sites excluding steroid dienone is 1. The van der Waals surface area contributed by atoms with Crippen molar-refractivity contribution in [2.24, 2.45) is 0 Å². The van der Waals surface area contributed by atoms with Crippen LogP contribution in [0.5, 0.6) is 11.5 Å². The van der Waals surface area contributed by atoms with E-state index in [1.54, 1.807) is 7.11 Å². The Hall–Kier alpha value is -1.01. The summed E-state index contributed by atoms with van der Waals surface area (Å²) < 4.78 is 10.3. The van der Waals surface area contributed by atoms with Crippen LogP contribution in [0.25, 0.3) is 0 Å². The summed E-state index contributed by atoms with van der Waals surface area (Å²) in [4.78, 5) is 0. The van der Waals surface area contributed by atoms with Crippen molar-refractivity contribution < 1.29 is 9.26 Å². The first-order valence-electron chi connectivity index (χ1n) is 5.77. The van der Waals surface area contributed by atoms with Gasteiger partial charge in [-0.1, -0.05) is 32.4 Å². The average Bonchev–Trinajstić information content (AvgIpc) is 2.29. The van der Waals surface area contributed by atoms with E-state index < -0.39 is 0 Å². The molecule has 1 unspecified atom stereocenters. The quantitative estimate of drug-likeness (QED) is 0.585. The van der Waals surface area contributed by atoms with Crippen molar-refractivity contribution in [2.45, 2.75) is 33.6 Å². The smallest absolute Gasteiger partial charge is 0.123 e. The van der Waals surface area contributed by atoms with Gasteiger partial charge in [0.15, 0.2) is 0 Å². The van der Waals surface area contributed by atoms with Gasteiger partial charge in [0.1, 0.15) is 11.5 Å². The first kappa shape index (κ1) is 16.0. The van der Waals surface area contributed by atoms with Gasteiger partial charge in [0.2, 0.25) is 0 Å². The third kappa shape index (κ3) is 6.33. The van der Waals surface area contributed by atoms with Gasteiger partial charge in [-0.05, 0) is 31.5 Å². The lowest BCUT2D eigenvalue weighted by atomic mass is 10.1. The Morgan fingerprint density at radius 3 is 2.35 bits per heavy atom. The van der Waals surface area contributed by atoms with Gasteiger partial charge < -0.3 is 9.26 Å². The van der Waals surface area contributed by atoms with Gasteiger partial charge in [0.25, 0.3) is 0 Å². The lowest BCUT2D eigenvalue weighted by Crippen LogP contribution is -1.93. The van der Waals surface area contributed by atoms with E-state index in [0.717, 1.165) is 29.1 Å². The summed E-state index contributed by atoms with van der Waals surface area (Å²) in [6.45, 7) is 10.1. The lowest BCUT2D eigenvalue weighted by Gasteiger charge is -2.09. The summed E-state index contributed by atoms with van der Waals surface area (Å²) >= 11 is 0. The molecule has 0 aliphatic carbocycles. The number of rotatable bonds is 4. The van der Waals surface area contributed by atoms with Crippen LogP contribution in [-0.2, 0) is 6.42 Å². The minimum atomic E-state index is 0.811. The number of benzene rings is 1. The lowest BCUT2D eigenvalue weighted by molar-refractivity contribution is 0.410. The SMILES string of the molecule is C=C(C)Cc1cc(OP)ccc1OC.CCC. The number of ether oxygens (including phenoxy) is 1. The van der Waals surface area contributed by atoms with Crippen LogP contribution in [0, 0.1) is 0 Å². The average molecular weight is 254 g/mol. The molecule has 0 heterocycles. The summed E-state index contributed by atoms with van der Waals surface area (Å²) in [5, 5.41) is 0. The van der Waals surface area contributed by atoms with E-state index in [9.17, 15) is 0 Å². The maximum atomic E-state index is 5.24. The molecule has 0 radical (unpaired) electrons. The molecule has 0 N–H and O–H groups in total. The van der Waals surface area contributed by atoms with Crippen molar-refractivity contribution in [1.82, 2.24) is 0 Å². The molecule has 0 saturated heterocycles. The third-order valence-corrected chi connectivity index (χ3v) is 2.15. The second-order valence-corrected chi connectivity index (χ2v) is 4.17. The second-order valence-electron chi connectivity index (χ2n) is 3.93. The predicted octanol–water partition coefficient (Wildman–Crippen LogP) is 4.40. The zero-order valence-electron chi connectivity index (χ0n) is 11.2. The topological polar surface area (TPSA) is 18.5 Å². The summed E-state index contributed by atoms with van der Waals surface area (Å²) in [6.07, 6.45) is 2.06. The van der Waals surface area contributed by atoms with E-state index in [1.165, 1.54) is 6.42 Å². The van der Waals surface area contributed by atoms with Crippen LogP contribution >= 0.6 is 9.47 Å². The van der Waals surface area contributed by atoms with E-state index in [0.29, 0.717) is 0 Å². The first-order chi connectivity index (χ1) is 8.08. The van der Waals surface area contributed by atoms with Gasteiger partial charge in [0, 0.05) is 5.56 Å². The zero-order valence-corrected chi connectivity index (χ0v) is 12.4. The molecule has 0 spiro atoms. The van der Waals surface area contributed by atoms with Gasteiger partial charge in [-0.2, -0.15) is 0 Å². The van der Waals surface area contributed by atoms with Crippen LogP contribution in [0.3, 0.4) is 0 Å². The molecular formula is C14H23O2P. The van der Waals surface area contributed by atoms with Crippen LogP contribution in [-0.4, -0.2) is 7.11 Å². The fraction of sp³-hybridized carbons (Fsp3) is 0.429. The Labute approximate surface area is 107 Å². The molecule has 1 aromatic rings. The highest BCUT2D eigenvalue weighted by molar-refractivity contribution is 7.10. The van der Waals surface area contributed by atoms with Crippen molar-refractivity contribution >= 4 is 9.47 Å². The van der Waals surface area contributed by atoms with Gasteiger partial charge in [-0.25, -0.2) is 0 Å². The molecule has 0 bridgehead atoms. The highest BCUT2D eigenvalue weighted by Crippen LogP contribution is 2.26. The van der Waals surface area contributed by atoms with Crippen molar-refractivity contribution in [3.8, 4) is 11.5 Å². The van der Waals surface area contributed by atoms with Gasteiger partial charge in [-0.3, -0.25) is 0 Å². The van der Waals surface area contributed by atoms with E-state index in [2.05, 4.69) is 29.9 Å². The van der Waals surface area contributed by atoms with Crippen molar-refractivity contribution in [2.75, 3.05) is 7.11 Å². The molecule has 2 nitrogen and oxygen atoms in total. The second kappa shape index (κ2) is 9.07. The molecule has 0 fully saturated rings. The Morgan fingerprint density at radius 2 is 1.94 bits per heavy atom. The molecule has 0 aromatic heterocycles. The van der Waals surface area contributed by atoms with Crippen LogP contribution in [0.2, 0.25) is 0 Å². The molecule has 1 rings (SSSR count). The molecule has 96 valence electrons. The standard InChI is InChI=1S/C11H15O2P.C3H8/c1-8(2)6-9-7-10(13-14)4-5-11(9)12-3;1-3-2/h4-5,7H,1,6,14H2,2-3H3;3H2,1-2H3. The molecule has 1 aromatic carbocycles. The molecule has 0 aliphatic rings. The van der Waals surface area contributed by atoms with Crippen LogP contribution in [0.4, 0.5) is 0 Å². The largest absolute Gasteiger partial charge is 0.496 e. The molecule has 0 amide bonds. The molecule has 17 heavy (non-hydrogen) atoms. The highest BCUT2D eigenvalue weighted by atomic mass is 31.0. The predicted molar refractivity (Wildman–Crippen MR) is 77.8 cm³/mol. The minimum Gasteiger partial charge on any atom is -0.496 e. The zero-order chi connectivity index (χ0) is 13.3. The van der Waals surface area contributed by atoms with E-state index in [4.69, 9.17) is 9.26 Å². The Balaban J connectivity index is 0.000000770. The summed E-state index contributed by atoms with van der Waals surface area (Å²) in [5.74, 6) is 1.69. The van der Waals surface area contributed by atoms with Crippen LogP contribution in [0.1, 0.15) is 32.8 Å². The van der Waals surface area contributed by atoms with Gasteiger partial charge in [-0.15, -0.1) is 0 Å². The molecule has 0 saturated carbocycles. The maximum Gasteiger partial charge on any atom is 0.123 e. The fourth-order valence-corrected chi connectivity index (χ4v) is 1.44. The van der Waals surface area contributed by atoms with Gasteiger partial charge in [0.05, 0.1) is 16.6 Å². The van der Waals surface area contributed by atoms with Crippen molar-refractivity contribution in [3.05, 3.63) is 35.9 Å². The Bertz CT molecular complexity index is 348. The van der Waals surface area contributed by atoms with E-state index in [-0.39, 0.29) is 0 Å². The molecular weight excluding hydrogens is 231 g/mol. The van der Waals surface area contributed by atoms with Crippen LogP contribution < -0.4 is 9.26 Å². The first-order valence-corrected chi connectivity index (χ1v) is 6.24. The van der Waals surface area contributed by atoms with Crippen molar-refractivity contribution in [1.29, 1.82) is 0 Å². The molecule has 3 heteroatoms. The number of hydrogen-bond donors (Lipinski definition) is 0. The Morgan fingerprint density at radius 1 is 1.35 bits per heavy atom. The monoisotopic (exact) mass is 254 g/mol. The summed E-state index contributed by atoms with van der Waals surface area (Å²) in [6, 6.07) is 5.73. The summed E-state index contributed by atoms with van der Waals surface area (Å²) in [5.41, 5.74) is 2.20. The van der Waals surface area contributed by atoms with Crippen molar-refractivity contribution in [3.63, 3.8) is 0 Å². The summed E-state index contributed by atoms with van der Waals surface area (Å²) in [7, 11) is 3.89. The fourth-order valence-electron chi connectivity index (χ4n) is 1.29. The maximum absolute atomic E-state index is 5.24. The molecule has 0 aliphatic heterocycles. The Kier molecular flexibility index (Phi) is 8.53. The third-order valence-electron chi connectivity index (χ3n) is 1.88. The van der Waals surface area contributed by atoms with Gasteiger partial charge >= 0.3 is 0 Å². The van der Waals surface area contributed by atoms with E-state index >= 15 is 0 Å². The van der Waals surface area contributed by atoms with E-state index in [1.807, 2.05) is 25.1 Å². The van der Waals surface area contributed by atoms with Crippen LogP contribution in [0.15, 0.2) is 30.4 Å².